The number of urea groups is 1. The molecule has 2 fully saturated rings. The Labute approximate surface area is 167 Å². The van der Waals surface area contributed by atoms with Crippen LogP contribution in [0.1, 0.15) is 24.0 Å². The van der Waals surface area contributed by atoms with E-state index in [0.29, 0.717) is 0 Å². The number of carbonyl (C=O) groups is 1. The second-order valence-electron chi connectivity index (χ2n) is 7.93. The van der Waals surface area contributed by atoms with E-state index in [2.05, 4.69) is 52.4 Å². The molecule has 2 aromatic rings. The van der Waals surface area contributed by atoms with Crippen LogP contribution in [-0.4, -0.2) is 50.2 Å². The highest BCUT2D eigenvalue weighted by Gasteiger charge is 2.22. The largest absolute Gasteiger partial charge is 0.372 e. The van der Waals surface area contributed by atoms with Crippen molar-refractivity contribution in [1.29, 1.82) is 0 Å². The van der Waals surface area contributed by atoms with Gasteiger partial charge in [0.15, 0.2) is 0 Å². The van der Waals surface area contributed by atoms with Crippen LogP contribution in [0.5, 0.6) is 0 Å². The number of nitrogens with zero attached hydrogens (tertiary/aromatic N) is 3. The van der Waals surface area contributed by atoms with Crippen LogP contribution in [0.25, 0.3) is 0 Å². The first kappa shape index (κ1) is 18.7. The third-order valence-corrected chi connectivity index (χ3v) is 5.88. The Morgan fingerprint density at radius 3 is 1.93 bits per heavy atom. The Bertz CT molecular complexity index is 819. The third-order valence-electron chi connectivity index (χ3n) is 5.88. The molecule has 4 rings (SSSR count). The molecule has 0 bridgehead atoms. The van der Waals surface area contributed by atoms with Gasteiger partial charge in [-0.2, -0.15) is 0 Å². The Morgan fingerprint density at radius 1 is 0.786 bits per heavy atom. The molecule has 1 N–H and O–H groups in total. The number of rotatable bonds is 3. The maximum atomic E-state index is 12.6. The van der Waals surface area contributed by atoms with Crippen molar-refractivity contribution in [3.05, 3.63) is 53.6 Å². The fraction of sp³-hybridized carbons (Fsp3) is 0.435. The zero-order chi connectivity index (χ0) is 19.5. The molecule has 28 heavy (non-hydrogen) atoms. The molecule has 2 saturated heterocycles. The van der Waals surface area contributed by atoms with Gasteiger partial charge in [-0.3, -0.25) is 0 Å². The highest BCUT2D eigenvalue weighted by atomic mass is 16.2. The van der Waals surface area contributed by atoms with E-state index in [-0.39, 0.29) is 6.03 Å². The highest BCUT2D eigenvalue weighted by molar-refractivity contribution is 5.90. The van der Waals surface area contributed by atoms with E-state index < -0.39 is 0 Å². The highest BCUT2D eigenvalue weighted by Crippen LogP contribution is 2.25. The standard InChI is InChI=1S/C23H30N4O/c1-18-5-10-22(19(2)17-18)24-23(28)27-15-13-26(14-16-27)21-8-6-20(7-9-21)25-11-3-4-12-25/h5-10,17H,3-4,11-16H2,1-2H3,(H,24,28). The molecule has 2 aromatic carbocycles. The minimum absolute atomic E-state index is 0.00372. The lowest BCUT2D eigenvalue weighted by Crippen LogP contribution is -2.50. The number of carbonyl (C=O) groups excluding carboxylic acids is 1. The summed E-state index contributed by atoms with van der Waals surface area (Å²) in [5.74, 6) is 0. The summed E-state index contributed by atoms with van der Waals surface area (Å²) in [7, 11) is 0. The molecule has 5 nitrogen and oxygen atoms in total. The summed E-state index contributed by atoms with van der Waals surface area (Å²) in [4.78, 5) is 19.4. The molecule has 0 saturated carbocycles. The van der Waals surface area contributed by atoms with Crippen molar-refractivity contribution in [2.45, 2.75) is 26.7 Å². The summed E-state index contributed by atoms with van der Waals surface area (Å²) in [6.45, 7) is 9.66. The quantitative estimate of drug-likeness (QED) is 0.867. The van der Waals surface area contributed by atoms with Gasteiger partial charge in [0.2, 0.25) is 0 Å². The molecule has 2 heterocycles. The van der Waals surface area contributed by atoms with Crippen molar-refractivity contribution in [2.75, 3.05) is 54.4 Å². The third kappa shape index (κ3) is 4.08. The van der Waals surface area contributed by atoms with Crippen LogP contribution in [0.3, 0.4) is 0 Å². The normalized spacial score (nSPS) is 17.1. The Balaban J connectivity index is 1.32. The average Bonchev–Trinajstić information content (AvgIpc) is 3.25. The Morgan fingerprint density at radius 2 is 1.36 bits per heavy atom. The van der Waals surface area contributed by atoms with Crippen LogP contribution in [0.15, 0.2) is 42.5 Å². The SMILES string of the molecule is Cc1ccc(NC(=O)N2CCN(c3ccc(N4CCCC4)cc3)CC2)c(C)c1. The monoisotopic (exact) mass is 378 g/mol. The number of aryl methyl sites for hydroxylation is 2. The molecule has 2 aliphatic heterocycles. The van der Waals surface area contributed by atoms with Crippen molar-refractivity contribution < 1.29 is 4.79 Å². The van der Waals surface area contributed by atoms with Gasteiger partial charge in [0.25, 0.3) is 0 Å². The number of benzene rings is 2. The van der Waals surface area contributed by atoms with Gasteiger partial charge in [0.1, 0.15) is 0 Å². The van der Waals surface area contributed by atoms with Crippen LogP contribution in [0, 0.1) is 13.8 Å². The first-order chi connectivity index (χ1) is 13.6. The smallest absolute Gasteiger partial charge is 0.321 e. The summed E-state index contributed by atoms with van der Waals surface area (Å²) in [5.41, 5.74) is 5.78. The molecule has 0 aromatic heterocycles. The van der Waals surface area contributed by atoms with Crippen LogP contribution in [-0.2, 0) is 0 Å². The van der Waals surface area contributed by atoms with Gasteiger partial charge in [-0.25, -0.2) is 4.79 Å². The van der Waals surface area contributed by atoms with Crippen LogP contribution in [0.2, 0.25) is 0 Å². The maximum Gasteiger partial charge on any atom is 0.321 e. The van der Waals surface area contributed by atoms with E-state index in [1.165, 1.54) is 42.9 Å². The summed E-state index contributed by atoms with van der Waals surface area (Å²) < 4.78 is 0. The molecule has 0 unspecified atom stereocenters. The fourth-order valence-corrected chi connectivity index (χ4v) is 4.17. The second kappa shape index (κ2) is 8.13. The summed E-state index contributed by atoms with van der Waals surface area (Å²) in [5, 5.41) is 3.06. The molecule has 2 aliphatic rings. The molecule has 5 heteroatoms. The molecule has 0 radical (unpaired) electrons. The van der Waals surface area contributed by atoms with Crippen molar-refractivity contribution >= 4 is 23.1 Å². The fourth-order valence-electron chi connectivity index (χ4n) is 4.17. The maximum absolute atomic E-state index is 12.6. The molecular formula is C23H30N4O. The minimum atomic E-state index is -0.00372. The zero-order valence-electron chi connectivity index (χ0n) is 16.9. The number of nitrogens with one attached hydrogen (secondary N) is 1. The molecule has 0 spiro atoms. The van der Waals surface area contributed by atoms with Crippen molar-refractivity contribution in [1.82, 2.24) is 4.90 Å². The van der Waals surface area contributed by atoms with Crippen molar-refractivity contribution in [3.8, 4) is 0 Å². The van der Waals surface area contributed by atoms with Gasteiger partial charge in [0, 0.05) is 56.3 Å². The van der Waals surface area contributed by atoms with Gasteiger partial charge in [-0.05, 0) is 62.6 Å². The van der Waals surface area contributed by atoms with Gasteiger partial charge < -0.3 is 20.0 Å². The van der Waals surface area contributed by atoms with Gasteiger partial charge in [-0.15, -0.1) is 0 Å². The Hall–Kier alpha value is -2.69. The van der Waals surface area contributed by atoms with Crippen molar-refractivity contribution in [2.24, 2.45) is 0 Å². The first-order valence-corrected chi connectivity index (χ1v) is 10.3. The van der Waals surface area contributed by atoms with E-state index in [9.17, 15) is 4.79 Å². The minimum Gasteiger partial charge on any atom is -0.372 e. The molecular weight excluding hydrogens is 348 g/mol. The van der Waals surface area contributed by atoms with Crippen LogP contribution >= 0.6 is 0 Å². The summed E-state index contributed by atoms with van der Waals surface area (Å²) in [6.07, 6.45) is 2.60. The molecule has 148 valence electrons. The van der Waals surface area contributed by atoms with Crippen LogP contribution < -0.4 is 15.1 Å². The predicted molar refractivity (Wildman–Crippen MR) is 117 cm³/mol. The topological polar surface area (TPSA) is 38.8 Å². The molecule has 0 atom stereocenters. The Kier molecular flexibility index (Phi) is 5.42. The molecule has 0 aliphatic carbocycles. The number of hydrogen-bond acceptors (Lipinski definition) is 3. The first-order valence-electron chi connectivity index (χ1n) is 10.3. The lowest BCUT2D eigenvalue weighted by atomic mass is 10.1. The van der Waals surface area contributed by atoms with E-state index in [4.69, 9.17) is 0 Å². The predicted octanol–water partition coefficient (Wildman–Crippen LogP) is 4.26. The lowest BCUT2D eigenvalue weighted by molar-refractivity contribution is 0.208. The van der Waals surface area contributed by atoms with E-state index >= 15 is 0 Å². The van der Waals surface area contributed by atoms with Crippen LogP contribution in [0.4, 0.5) is 21.9 Å². The number of amides is 2. The van der Waals surface area contributed by atoms with Gasteiger partial charge in [-0.1, -0.05) is 17.7 Å². The van der Waals surface area contributed by atoms with E-state index in [0.717, 1.165) is 37.4 Å². The number of hydrogen-bond donors (Lipinski definition) is 1. The van der Waals surface area contributed by atoms with E-state index in [1.807, 2.05) is 24.0 Å². The van der Waals surface area contributed by atoms with Gasteiger partial charge >= 0.3 is 6.03 Å². The lowest BCUT2D eigenvalue weighted by Gasteiger charge is -2.36. The number of anilines is 3. The van der Waals surface area contributed by atoms with E-state index in [1.54, 1.807) is 0 Å². The molecule has 2 amide bonds. The average molecular weight is 379 g/mol. The van der Waals surface area contributed by atoms with Crippen molar-refractivity contribution in [3.63, 3.8) is 0 Å². The summed E-state index contributed by atoms with van der Waals surface area (Å²) in [6, 6.07) is 15.0. The second-order valence-corrected chi connectivity index (χ2v) is 7.93. The zero-order valence-corrected chi connectivity index (χ0v) is 16.9. The number of piperazine rings is 1. The summed E-state index contributed by atoms with van der Waals surface area (Å²) >= 11 is 0. The van der Waals surface area contributed by atoms with Gasteiger partial charge in [0.05, 0.1) is 0 Å².